The number of benzene rings is 2. The first kappa shape index (κ1) is 19.5. The first-order chi connectivity index (χ1) is 11.7. The van der Waals surface area contributed by atoms with Crippen LogP contribution in [0.5, 0.6) is 0 Å². The smallest absolute Gasteiger partial charge is 0.244 e. The highest BCUT2D eigenvalue weighted by Gasteiger charge is 2.32. The van der Waals surface area contributed by atoms with E-state index < -0.39 is 10.0 Å². The molecule has 0 aromatic heterocycles. The van der Waals surface area contributed by atoms with Crippen molar-refractivity contribution >= 4 is 15.7 Å². The van der Waals surface area contributed by atoms with Gasteiger partial charge in [-0.05, 0) is 62.4 Å². The predicted octanol–water partition coefficient (Wildman–Crippen LogP) is 4.18. The number of nitrogen functional groups attached to an aromatic ring is 1. The number of hydrogen-bond acceptors (Lipinski definition) is 3. The van der Waals surface area contributed by atoms with Crippen LogP contribution < -0.4 is 5.73 Å². The molecule has 0 aliphatic rings. The standard InChI is InChI=1S/C20H28N2O2S/c1-6-15(3)22(13-18-10-8-7-9-11-18)25(23,24)20-16(4)14(2)12-19(21)17(20)5/h7-12,15H,6,13,21H2,1-5H3. The van der Waals surface area contributed by atoms with E-state index in [-0.39, 0.29) is 6.04 Å². The molecule has 0 aliphatic heterocycles. The van der Waals surface area contributed by atoms with E-state index in [1.165, 1.54) is 0 Å². The molecule has 0 saturated carbocycles. The van der Waals surface area contributed by atoms with Crippen molar-refractivity contribution in [2.24, 2.45) is 0 Å². The summed E-state index contributed by atoms with van der Waals surface area (Å²) in [5.41, 5.74) is 9.85. The van der Waals surface area contributed by atoms with Gasteiger partial charge in [0.25, 0.3) is 0 Å². The molecular weight excluding hydrogens is 332 g/mol. The molecule has 4 nitrogen and oxygen atoms in total. The van der Waals surface area contributed by atoms with Crippen LogP contribution in [0.1, 0.15) is 42.5 Å². The minimum Gasteiger partial charge on any atom is -0.398 e. The van der Waals surface area contributed by atoms with E-state index >= 15 is 0 Å². The van der Waals surface area contributed by atoms with Gasteiger partial charge in [-0.25, -0.2) is 8.42 Å². The van der Waals surface area contributed by atoms with E-state index in [1.807, 2.05) is 64.1 Å². The molecule has 0 heterocycles. The van der Waals surface area contributed by atoms with Gasteiger partial charge >= 0.3 is 0 Å². The zero-order chi connectivity index (χ0) is 18.8. The van der Waals surface area contributed by atoms with E-state index in [2.05, 4.69) is 0 Å². The lowest BCUT2D eigenvalue weighted by Crippen LogP contribution is -2.38. The van der Waals surface area contributed by atoms with Crippen molar-refractivity contribution in [2.75, 3.05) is 5.73 Å². The maximum absolute atomic E-state index is 13.6. The van der Waals surface area contributed by atoms with E-state index in [0.717, 1.165) is 23.1 Å². The Kier molecular flexibility index (Phi) is 5.91. The Morgan fingerprint density at radius 2 is 1.68 bits per heavy atom. The van der Waals surface area contributed by atoms with E-state index in [0.29, 0.717) is 22.7 Å². The lowest BCUT2D eigenvalue weighted by Gasteiger charge is -2.30. The second kappa shape index (κ2) is 7.58. The van der Waals surface area contributed by atoms with Gasteiger partial charge in [-0.2, -0.15) is 4.31 Å². The third-order valence-electron chi connectivity index (χ3n) is 4.91. The Morgan fingerprint density at radius 3 is 2.24 bits per heavy atom. The summed E-state index contributed by atoms with van der Waals surface area (Å²) in [5, 5.41) is 0. The van der Waals surface area contributed by atoms with Gasteiger partial charge in [0.2, 0.25) is 10.0 Å². The summed E-state index contributed by atoms with van der Waals surface area (Å²) in [4.78, 5) is 0.348. The van der Waals surface area contributed by atoms with Crippen molar-refractivity contribution in [3.63, 3.8) is 0 Å². The Hall–Kier alpha value is -1.85. The average Bonchev–Trinajstić information content (AvgIpc) is 2.58. The molecule has 2 N–H and O–H groups in total. The van der Waals surface area contributed by atoms with Crippen molar-refractivity contribution in [3.05, 3.63) is 58.7 Å². The number of hydrogen-bond donors (Lipinski definition) is 1. The van der Waals surface area contributed by atoms with Gasteiger partial charge in [0, 0.05) is 18.3 Å². The van der Waals surface area contributed by atoms with E-state index in [4.69, 9.17) is 5.73 Å². The molecule has 0 saturated heterocycles. The third kappa shape index (κ3) is 3.88. The monoisotopic (exact) mass is 360 g/mol. The molecule has 2 rings (SSSR count). The van der Waals surface area contributed by atoms with Gasteiger partial charge in [-0.1, -0.05) is 37.3 Å². The zero-order valence-corrected chi connectivity index (χ0v) is 16.5. The number of anilines is 1. The topological polar surface area (TPSA) is 63.4 Å². The van der Waals surface area contributed by atoms with Gasteiger partial charge in [0.15, 0.2) is 0 Å². The molecule has 0 bridgehead atoms. The van der Waals surface area contributed by atoms with Crippen LogP contribution in [0.4, 0.5) is 5.69 Å². The predicted molar refractivity (Wildman–Crippen MR) is 104 cm³/mol. The fourth-order valence-electron chi connectivity index (χ4n) is 2.99. The van der Waals surface area contributed by atoms with Gasteiger partial charge in [0.1, 0.15) is 0 Å². The summed E-state index contributed by atoms with van der Waals surface area (Å²) in [6.07, 6.45) is 0.742. The van der Waals surface area contributed by atoms with Crippen molar-refractivity contribution in [1.29, 1.82) is 0 Å². The molecule has 25 heavy (non-hydrogen) atoms. The molecule has 0 fully saturated rings. The first-order valence-electron chi connectivity index (χ1n) is 8.62. The fraction of sp³-hybridized carbons (Fsp3) is 0.400. The molecule has 0 spiro atoms. The highest BCUT2D eigenvalue weighted by atomic mass is 32.2. The summed E-state index contributed by atoms with van der Waals surface area (Å²) in [6.45, 7) is 9.84. The normalized spacial score (nSPS) is 13.2. The second-order valence-corrected chi connectivity index (χ2v) is 8.48. The van der Waals surface area contributed by atoms with Crippen LogP contribution in [-0.4, -0.2) is 18.8 Å². The van der Waals surface area contributed by atoms with E-state index in [1.54, 1.807) is 11.2 Å². The van der Waals surface area contributed by atoms with Gasteiger partial charge < -0.3 is 5.73 Å². The van der Waals surface area contributed by atoms with Gasteiger partial charge in [-0.15, -0.1) is 0 Å². The number of nitrogens with two attached hydrogens (primary N) is 1. The Balaban J connectivity index is 2.61. The van der Waals surface area contributed by atoms with Gasteiger partial charge in [-0.3, -0.25) is 0 Å². The van der Waals surface area contributed by atoms with Crippen LogP contribution >= 0.6 is 0 Å². The second-order valence-electron chi connectivity index (χ2n) is 6.65. The van der Waals surface area contributed by atoms with Crippen molar-refractivity contribution in [1.82, 2.24) is 4.31 Å². The maximum atomic E-state index is 13.6. The fourth-order valence-corrected chi connectivity index (χ4v) is 5.22. The summed E-state index contributed by atoms with van der Waals surface area (Å²) in [5.74, 6) is 0. The third-order valence-corrected chi connectivity index (χ3v) is 7.14. The summed E-state index contributed by atoms with van der Waals surface area (Å²) < 4.78 is 28.7. The molecule has 1 atom stereocenters. The summed E-state index contributed by atoms with van der Waals surface area (Å²) in [7, 11) is -3.66. The zero-order valence-electron chi connectivity index (χ0n) is 15.7. The molecule has 136 valence electrons. The highest BCUT2D eigenvalue weighted by Crippen LogP contribution is 2.32. The minimum atomic E-state index is -3.66. The molecule has 0 radical (unpaired) electrons. The highest BCUT2D eigenvalue weighted by molar-refractivity contribution is 7.89. The first-order valence-corrected chi connectivity index (χ1v) is 10.1. The Labute approximate surface area is 151 Å². The quantitative estimate of drug-likeness (QED) is 0.786. The molecule has 1 unspecified atom stereocenters. The average molecular weight is 361 g/mol. The Bertz CT molecular complexity index is 819. The number of nitrogens with zero attached hydrogens (tertiary/aromatic N) is 1. The van der Waals surface area contributed by atoms with Crippen LogP contribution in [0.15, 0.2) is 41.3 Å². The van der Waals surface area contributed by atoms with Crippen LogP contribution in [0.2, 0.25) is 0 Å². The number of rotatable bonds is 6. The number of aryl methyl sites for hydroxylation is 1. The Morgan fingerprint density at radius 1 is 1.08 bits per heavy atom. The molecule has 0 amide bonds. The summed E-state index contributed by atoms with van der Waals surface area (Å²) in [6, 6.07) is 11.4. The molecule has 2 aromatic carbocycles. The van der Waals surface area contributed by atoms with Crippen molar-refractivity contribution < 1.29 is 8.42 Å². The molecule has 5 heteroatoms. The van der Waals surface area contributed by atoms with Crippen molar-refractivity contribution in [3.8, 4) is 0 Å². The maximum Gasteiger partial charge on any atom is 0.244 e. The van der Waals surface area contributed by atoms with Crippen LogP contribution in [-0.2, 0) is 16.6 Å². The largest absolute Gasteiger partial charge is 0.398 e. The van der Waals surface area contributed by atoms with E-state index in [9.17, 15) is 8.42 Å². The van der Waals surface area contributed by atoms with Crippen molar-refractivity contribution in [2.45, 2.75) is 58.5 Å². The minimum absolute atomic E-state index is 0.106. The number of sulfonamides is 1. The van der Waals surface area contributed by atoms with Gasteiger partial charge in [0.05, 0.1) is 4.90 Å². The SMILES string of the molecule is CCC(C)N(Cc1ccccc1)S(=O)(=O)c1c(C)c(C)cc(N)c1C. The molecule has 2 aromatic rings. The lowest BCUT2D eigenvalue weighted by atomic mass is 10.1. The van der Waals surface area contributed by atoms with Crippen LogP contribution in [0.25, 0.3) is 0 Å². The molecular formula is C20H28N2O2S. The van der Waals surface area contributed by atoms with Crippen LogP contribution in [0, 0.1) is 20.8 Å². The van der Waals surface area contributed by atoms with Crippen LogP contribution in [0.3, 0.4) is 0 Å². The lowest BCUT2D eigenvalue weighted by molar-refractivity contribution is 0.322. The summed E-state index contributed by atoms with van der Waals surface area (Å²) >= 11 is 0. The molecule has 0 aliphatic carbocycles.